The van der Waals surface area contributed by atoms with Crippen molar-refractivity contribution in [3.63, 3.8) is 0 Å². The van der Waals surface area contributed by atoms with E-state index in [0.29, 0.717) is 28.0 Å². The molecule has 2 aromatic carbocycles. The fourth-order valence-electron chi connectivity index (χ4n) is 2.39. The predicted molar refractivity (Wildman–Crippen MR) is 78.5 cm³/mol. The Morgan fingerprint density at radius 3 is 2.76 bits per heavy atom. The van der Waals surface area contributed by atoms with Gasteiger partial charge in [-0.15, -0.1) is 0 Å². The molecule has 1 heterocycles. The van der Waals surface area contributed by atoms with E-state index in [2.05, 4.69) is 0 Å². The molecular formula is C16H15NO4. The third-order valence-electron chi connectivity index (χ3n) is 3.57. The molecule has 1 unspecified atom stereocenters. The highest BCUT2D eigenvalue weighted by Gasteiger charge is 2.16. The summed E-state index contributed by atoms with van der Waals surface area (Å²) >= 11 is 0. The van der Waals surface area contributed by atoms with Crippen LogP contribution in [0.15, 0.2) is 51.7 Å². The van der Waals surface area contributed by atoms with E-state index in [0.717, 1.165) is 0 Å². The zero-order chi connectivity index (χ0) is 15.0. The Labute approximate surface area is 121 Å². The molecule has 5 heteroatoms. The van der Waals surface area contributed by atoms with Crippen molar-refractivity contribution in [2.45, 2.75) is 6.10 Å². The summed E-state index contributed by atoms with van der Waals surface area (Å²) in [6.07, 6.45) is -0.851. The molecule has 1 N–H and O–H groups in total. The number of hydrogen-bond donors (Lipinski definition) is 1. The summed E-state index contributed by atoms with van der Waals surface area (Å²) in [6, 6.07) is 12.5. The van der Waals surface area contributed by atoms with E-state index in [-0.39, 0.29) is 0 Å². The monoisotopic (exact) mass is 285 g/mol. The van der Waals surface area contributed by atoms with Crippen LogP contribution in [0.4, 0.5) is 0 Å². The first-order valence-corrected chi connectivity index (χ1v) is 6.52. The Kier molecular flexibility index (Phi) is 3.27. The Hall–Kier alpha value is -2.53. The first-order chi connectivity index (χ1) is 10.1. The van der Waals surface area contributed by atoms with E-state index in [1.165, 1.54) is 4.57 Å². The number of fused-ring (bicyclic) bond motifs is 1. The molecule has 0 bridgehead atoms. The molecule has 0 saturated heterocycles. The number of para-hydroxylation sites is 1. The number of aromatic nitrogens is 1. The molecule has 21 heavy (non-hydrogen) atoms. The molecule has 5 nitrogen and oxygen atoms in total. The summed E-state index contributed by atoms with van der Waals surface area (Å²) in [5.74, 6) is 0.188. The number of oxazole rings is 1. The molecule has 0 aliphatic rings. The van der Waals surface area contributed by atoms with Gasteiger partial charge in [-0.25, -0.2) is 4.79 Å². The fraction of sp³-hybridized carbons (Fsp3) is 0.188. The van der Waals surface area contributed by atoms with Crippen LogP contribution in [0.2, 0.25) is 0 Å². The van der Waals surface area contributed by atoms with Gasteiger partial charge in [-0.1, -0.05) is 24.3 Å². The first-order valence-electron chi connectivity index (χ1n) is 6.52. The highest BCUT2D eigenvalue weighted by atomic mass is 16.5. The minimum absolute atomic E-state index is 0.422. The van der Waals surface area contributed by atoms with Crippen LogP contribution in [0.3, 0.4) is 0 Å². The summed E-state index contributed by atoms with van der Waals surface area (Å²) in [7, 11) is 3.20. The number of aliphatic hydroxyl groups is 1. The molecule has 0 spiro atoms. The average Bonchev–Trinajstić information content (AvgIpc) is 2.80. The Morgan fingerprint density at radius 1 is 1.24 bits per heavy atom. The number of aryl methyl sites for hydroxylation is 1. The van der Waals surface area contributed by atoms with Gasteiger partial charge in [0.1, 0.15) is 11.9 Å². The van der Waals surface area contributed by atoms with Gasteiger partial charge < -0.3 is 14.3 Å². The van der Waals surface area contributed by atoms with Crippen LogP contribution >= 0.6 is 0 Å². The minimum Gasteiger partial charge on any atom is -0.496 e. The summed E-state index contributed by atoms with van der Waals surface area (Å²) < 4.78 is 11.8. The van der Waals surface area contributed by atoms with Gasteiger partial charge in [0, 0.05) is 12.6 Å². The molecule has 0 fully saturated rings. The highest BCUT2D eigenvalue weighted by Crippen LogP contribution is 2.30. The maximum absolute atomic E-state index is 11.5. The SMILES string of the molecule is COc1ccccc1C(O)c1ccc2c(c1)oc(=O)n2C. The van der Waals surface area contributed by atoms with Crippen molar-refractivity contribution in [3.05, 3.63) is 64.1 Å². The quantitative estimate of drug-likeness (QED) is 0.801. The topological polar surface area (TPSA) is 64.6 Å². The van der Waals surface area contributed by atoms with Crippen LogP contribution < -0.4 is 10.5 Å². The Balaban J connectivity index is 2.09. The Morgan fingerprint density at radius 2 is 2.00 bits per heavy atom. The maximum atomic E-state index is 11.5. The van der Waals surface area contributed by atoms with Gasteiger partial charge in [0.25, 0.3) is 0 Å². The van der Waals surface area contributed by atoms with Crippen molar-refractivity contribution in [1.29, 1.82) is 0 Å². The van der Waals surface area contributed by atoms with Crippen molar-refractivity contribution < 1.29 is 14.3 Å². The van der Waals surface area contributed by atoms with Crippen LogP contribution in [0.5, 0.6) is 5.75 Å². The van der Waals surface area contributed by atoms with Gasteiger partial charge in [0.2, 0.25) is 0 Å². The molecular weight excluding hydrogens is 270 g/mol. The zero-order valence-electron chi connectivity index (χ0n) is 11.7. The van der Waals surface area contributed by atoms with Crippen LogP contribution in [0.1, 0.15) is 17.2 Å². The minimum atomic E-state index is -0.851. The summed E-state index contributed by atoms with van der Waals surface area (Å²) in [4.78, 5) is 11.5. The van der Waals surface area contributed by atoms with Crippen molar-refractivity contribution in [2.24, 2.45) is 7.05 Å². The van der Waals surface area contributed by atoms with E-state index in [9.17, 15) is 9.90 Å². The number of methoxy groups -OCH3 is 1. The first kappa shape index (κ1) is 13.5. The molecule has 0 amide bonds. The lowest BCUT2D eigenvalue weighted by molar-refractivity contribution is 0.215. The number of benzene rings is 2. The molecule has 1 aromatic heterocycles. The van der Waals surface area contributed by atoms with Gasteiger partial charge >= 0.3 is 5.76 Å². The van der Waals surface area contributed by atoms with Gasteiger partial charge in [-0.3, -0.25) is 4.57 Å². The average molecular weight is 285 g/mol. The number of rotatable bonds is 3. The second kappa shape index (κ2) is 5.10. The molecule has 3 aromatic rings. The summed E-state index contributed by atoms with van der Waals surface area (Å²) in [5, 5.41) is 10.5. The van der Waals surface area contributed by atoms with Crippen molar-refractivity contribution >= 4 is 11.1 Å². The third-order valence-corrected chi connectivity index (χ3v) is 3.57. The van der Waals surface area contributed by atoms with E-state index < -0.39 is 11.9 Å². The van der Waals surface area contributed by atoms with E-state index in [4.69, 9.17) is 9.15 Å². The zero-order valence-corrected chi connectivity index (χ0v) is 11.7. The molecule has 0 aliphatic heterocycles. The molecule has 108 valence electrons. The second-order valence-corrected chi connectivity index (χ2v) is 4.80. The lowest BCUT2D eigenvalue weighted by Crippen LogP contribution is -2.08. The molecule has 0 radical (unpaired) electrons. The largest absolute Gasteiger partial charge is 0.496 e. The van der Waals surface area contributed by atoms with E-state index >= 15 is 0 Å². The van der Waals surface area contributed by atoms with Gasteiger partial charge in [0.15, 0.2) is 5.58 Å². The van der Waals surface area contributed by atoms with Crippen molar-refractivity contribution in [1.82, 2.24) is 4.57 Å². The maximum Gasteiger partial charge on any atom is 0.419 e. The predicted octanol–water partition coefficient (Wildman–Crippen LogP) is 2.22. The molecule has 0 aliphatic carbocycles. The second-order valence-electron chi connectivity index (χ2n) is 4.80. The van der Waals surface area contributed by atoms with Crippen LogP contribution in [0.25, 0.3) is 11.1 Å². The normalized spacial score (nSPS) is 12.5. The van der Waals surface area contributed by atoms with Crippen molar-refractivity contribution in [3.8, 4) is 5.75 Å². The summed E-state index contributed by atoms with van der Waals surface area (Å²) in [5.41, 5.74) is 2.45. The lowest BCUT2D eigenvalue weighted by atomic mass is 10.0. The lowest BCUT2D eigenvalue weighted by Gasteiger charge is -2.14. The number of hydrogen-bond acceptors (Lipinski definition) is 4. The smallest absolute Gasteiger partial charge is 0.419 e. The van der Waals surface area contributed by atoms with Gasteiger partial charge in [-0.2, -0.15) is 0 Å². The standard InChI is InChI=1S/C16H15NO4/c1-17-12-8-7-10(9-14(12)21-16(17)19)15(18)11-5-3-4-6-13(11)20-2/h3-9,15,18H,1-2H3. The van der Waals surface area contributed by atoms with Crippen LogP contribution in [-0.2, 0) is 7.05 Å². The Bertz CT molecular complexity index is 847. The number of ether oxygens (including phenoxy) is 1. The van der Waals surface area contributed by atoms with Gasteiger partial charge in [-0.05, 0) is 23.8 Å². The molecule has 1 atom stereocenters. The number of nitrogens with zero attached hydrogens (tertiary/aromatic N) is 1. The van der Waals surface area contributed by atoms with E-state index in [1.54, 1.807) is 44.5 Å². The van der Waals surface area contributed by atoms with Gasteiger partial charge in [0.05, 0.1) is 12.6 Å². The fourth-order valence-corrected chi connectivity index (χ4v) is 2.39. The van der Waals surface area contributed by atoms with Crippen LogP contribution in [-0.4, -0.2) is 16.8 Å². The van der Waals surface area contributed by atoms with E-state index in [1.807, 2.05) is 12.1 Å². The highest BCUT2D eigenvalue weighted by molar-refractivity contribution is 5.74. The summed E-state index contributed by atoms with van der Waals surface area (Å²) in [6.45, 7) is 0. The molecule has 3 rings (SSSR count). The van der Waals surface area contributed by atoms with Crippen LogP contribution in [0, 0.1) is 0 Å². The number of aliphatic hydroxyl groups excluding tert-OH is 1. The van der Waals surface area contributed by atoms with Crippen molar-refractivity contribution in [2.75, 3.05) is 7.11 Å². The third kappa shape index (κ3) is 2.21. The molecule has 0 saturated carbocycles.